The number of rotatable bonds is 6. The van der Waals surface area contributed by atoms with Crippen molar-refractivity contribution in [3.63, 3.8) is 0 Å². The topological polar surface area (TPSA) is 59.6 Å². The lowest BCUT2D eigenvalue weighted by atomic mass is 9.86. The van der Waals surface area contributed by atoms with Crippen molar-refractivity contribution in [1.82, 2.24) is 4.72 Å². The van der Waals surface area contributed by atoms with E-state index in [1.807, 2.05) is 0 Å². The van der Waals surface area contributed by atoms with Gasteiger partial charge in [0.15, 0.2) is 0 Å². The molecule has 1 saturated carbocycles. The number of ether oxygens (including phenoxy) is 1. The van der Waals surface area contributed by atoms with Crippen molar-refractivity contribution >= 4 is 22.7 Å². The summed E-state index contributed by atoms with van der Waals surface area (Å²) in [6.07, 6.45) is 6.93. The first kappa shape index (κ1) is 19.8. The van der Waals surface area contributed by atoms with E-state index < -0.39 is 11.4 Å². The summed E-state index contributed by atoms with van der Waals surface area (Å²) in [5.74, 6) is 0.707. The summed E-state index contributed by atoms with van der Waals surface area (Å²) >= 11 is -0.895. The van der Waals surface area contributed by atoms with Gasteiger partial charge in [-0.25, -0.2) is 0 Å². The van der Waals surface area contributed by atoms with Gasteiger partial charge in [0, 0.05) is 42.4 Å². The van der Waals surface area contributed by atoms with Crippen LogP contribution in [0, 0.1) is 5.92 Å². The van der Waals surface area contributed by atoms with Crippen LogP contribution in [0.1, 0.15) is 39.5 Å². The highest BCUT2D eigenvalue weighted by Gasteiger charge is 2.24. The largest absolute Gasteiger partial charge is 0.598 e. The average Bonchev–Trinajstić information content (AvgIpc) is 2.60. The molecule has 2 aliphatic rings. The summed E-state index contributed by atoms with van der Waals surface area (Å²) in [6.45, 7) is 7.21. The highest BCUT2D eigenvalue weighted by atomic mass is 32.2. The molecule has 3 unspecified atom stereocenters. The fraction of sp³-hybridized carbons (Fsp3) is 0.700. The second-order valence-corrected chi connectivity index (χ2v) is 9.02. The van der Waals surface area contributed by atoms with Crippen molar-refractivity contribution < 1.29 is 9.29 Å². The van der Waals surface area contributed by atoms with Gasteiger partial charge in [-0.15, -0.1) is 4.72 Å². The molecule has 2 N–H and O–H groups in total. The van der Waals surface area contributed by atoms with Crippen LogP contribution in [-0.4, -0.2) is 48.7 Å². The number of nitrogens with zero attached hydrogens (tertiary/aromatic N) is 1. The lowest BCUT2D eigenvalue weighted by Gasteiger charge is -2.37. The molecule has 146 valence electrons. The molecule has 6 heteroatoms. The Morgan fingerprint density at radius 1 is 1.08 bits per heavy atom. The molecule has 0 radical (unpaired) electrons. The number of benzene rings is 1. The van der Waals surface area contributed by atoms with Crippen LogP contribution in [0.25, 0.3) is 0 Å². The normalized spacial score (nSPS) is 30.8. The van der Waals surface area contributed by atoms with Gasteiger partial charge in [-0.3, -0.25) is 0 Å². The Hall–Kier alpha value is -0.950. The standard InChI is InChI=1S/C20H33N3O2S/c1-15-13-23(14-16(2)25-15)20-10-8-18(9-11-20)21-12-17-4-6-19(7-5-17)22-26(3)24/h8-11,15-17,19,21-22H,4-7,12-14H2,1-3H3. The fourth-order valence-corrected chi connectivity index (χ4v) is 4.87. The maximum absolute atomic E-state index is 11.3. The van der Waals surface area contributed by atoms with Crippen LogP contribution in [-0.2, 0) is 16.1 Å². The monoisotopic (exact) mass is 379 g/mol. The number of hydrogen-bond donors (Lipinski definition) is 2. The van der Waals surface area contributed by atoms with Crippen LogP contribution < -0.4 is 14.9 Å². The summed E-state index contributed by atoms with van der Waals surface area (Å²) < 4.78 is 20.2. The minimum Gasteiger partial charge on any atom is -0.598 e. The number of hydrogen-bond acceptors (Lipinski definition) is 5. The Kier molecular flexibility index (Phi) is 7.09. The lowest BCUT2D eigenvalue weighted by Crippen LogP contribution is -2.45. The van der Waals surface area contributed by atoms with Crippen molar-refractivity contribution in [3.8, 4) is 0 Å². The van der Waals surface area contributed by atoms with E-state index in [0.717, 1.165) is 32.5 Å². The lowest BCUT2D eigenvalue weighted by molar-refractivity contribution is -0.00521. The molecule has 0 amide bonds. The van der Waals surface area contributed by atoms with Crippen molar-refractivity contribution in [2.45, 2.75) is 57.8 Å². The summed E-state index contributed by atoms with van der Waals surface area (Å²) in [5.41, 5.74) is 2.47. The molecule has 0 spiro atoms. The Labute approximate surface area is 161 Å². The smallest absolute Gasteiger partial charge is 0.115 e. The predicted octanol–water partition coefficient (Wildman–Crippen LogP) is 3.15. The Morgan fingerprint density at radius 2 is 1.69 bits per heavy atom. The third-order valence-corrected chi connectivity index (χ3v) is 6.09. The number of nitrogens with one attached hydrogen (secondary N) is 2. The number of anilines is 2. The first-order chi connectivity index (χ1) is 12.5. The van der Waals surface area contributed by atoms with E-state index in [9.17, 15) is 4.55 Å². The minimum atomic E-state index is -0.895. The van der Waals surface area contributed by atoms with Gasteiger partial charge < -0.3 is 19.5 Å². The zero-order chi connectivity index (χ0) is 18.5. The molecule has 1 saturated heterocycles. The highest BCUT2D eigenvalue weighted by molar-refractivity contribution is 7.88. The molecule has 1 aromatic rings. The molecule has 1 aromatic carbocycles. The first-order valence-corrected chi connectivity index (χ1v) is 11.4. The van der Waals surface area contributed by atoms with Crippen LogP contribution in [0.15, 0.2) is 24.3 Å². The van der Waals surface area contributed by atoms with Gasteiger partial charge in [0.05, 0.1) is 18.2 Å². The average molecular weight is 380 g/mol. The third-order valence-electron chi connectivity index (χ3n) is 5.43. The van der Waals surface area contributed by atoms with Gasteiger partial charge in [0.2, 0.25) is 0 Å². The van der Waals surface area contributed by atoms with E-state index in [-0.39, 0.29) is 12.2 Å². The van der Waals surface area contributed by atoms with E-state index >= 15 is 0 Å². The van der Waals surface area contributed by atoms with E-state index in [2.05, 4.69) is 53.1 Å². The molecular formula is C20H33N3O2S. The second-order valence-electron chi connectivity index (χ2n) is 7.88. The van der Waals surface area contributed by atoms with Gasteiger partial charge in [-0.1, -0.05) is 0 Å². The zero-order valence-electron chi connectivity index (χ0n) is 16.2. The molecule has 26 heavy (non-hydrogen) atoms. The molecule has 1 aliphatic heterocycles. The maximum atomic E-state index is 11.3. The molecule has 0 aromatic heterocycles. The first-order valence-electron chi connectivity index (χ1n) is 9.83. The van der Waals surface area contributed by atoms with Gasteiger partial charge in [0.1, 0.15) is 6.26 Å². The minimum absolute atomic E-state index is 0.284. The number of morpholine rings is 1. The molecule has 1 heterocycles. The molecule has 2 fully saturated rings. The van der Waals surface area contributed by atoms with Gasteiger partial charge in [-0.05, 0) is 69.7 Å². The van der Waals surface area contributed by atoms with E-state index in [1.54, 1.807) is 6.26 Å². The van der Waals surface area contributed by atoms with Crippen LogP contribution >= 0.6 is 0 Å². The Morgan fingerprint density at radius 3 is 2.27 bits per heavy atom. The molecule has 1 aliphatic carbocycles. The van der Waals surface area contributed by atoms with Crippen molar-refractivity contribution in [2.24, 2.45) is 5.92 Å². The van der Waals surface area contributed by atoms with Crippen molar-refractivity contribution in [3.05, 3.63) is 24.3 Å². The molecular weight excluding hydrogens is 346 g/mol. The van der Waals surface area contributed by atoms with Crippen molar-refractivity contribution in [2.75, 3.05) is 36.1 Å². The molecule has 3 rings (SSSR count). The van der Waals surface area contributed by atoms with E-state index in [0.29, 0.717) is 12.0 Å². The quantitative estimate of drug-likeness (QED) is 0.744. The van der Waals surface area contributed by atoms with E-state index in [1.165, 1.54) is 24.2 Å². The van der Waals surface area contributed by atoms with Crippen LogP contribution in [0.2, 0.25) is 0 Å². The second kappa shape index (κ2) is 9.31. The Bertz CT molecular complexity index is 536. The van der Waals surface area contributed by atoms with Crippen molar-refractivity contribution in [1.29, 1.82) is 0 Å². The summed E-state index contributed by atoms with van der Waals surface area (Å²) in [6, 6.07) is 9.23. The summed E-state index contributed by atoms with van der Waals surface area (Å²) in [5, 5.41) is 3.59. The van der Waals surface area contributed by atoms with Gasteiger partial charge in [-0.2, -0.15) is 0 Å². The van der Waals surface area contributed by atoms with Crippen LogP contribution in [0.5, 0.6) is 0 Å². The maximum Gasteiger partial charge on any atom is 0.115 e. The van der Waals surface area contributed by atoms with Crippen LogP contribution in [0.3, 0.4) is 0 Å². The SMILES string of the molecule is CC1CN(c2ccc(NCC3CCC(N[S+](C)[O-])CC3)cc2)CC(C)O1. The highest BCUT2D eigenvalue weighted by Crippen LogP contribution is 2.26. The molecule has 5 nitrogen and oxygen atoms in total. The zero-order valence-corrected chi connectivity index (χ0v) is 17.1. The summed E-state index contributed by atoms with van der Waals surface area (Å²) in [7, 11) is 0. The fourth-order valence-electron chi connectivity index (χ4n) is 4.16. The Balaban J connectivity index is 1.44. The van der Waals surface area contributed by atoms with Crippen LogP contribution in [0.4, 0.5) is 11.4 Å². The molecule has 3 atom stereocenters. The summed E-state index contributed by atoms with van der Waals surface area (Å²) in [4.78, 5) is 2.41. The predicted molar refractivity (Wildman–Crippen MR) is 110 cm³/mol. The van der Waals surface area contributed by atoms with Gasteiger partial charge in [0.25, 0.3) is 0 Å². The molecule has 0 bridgehead atoms. The third kappa shape index (κ3) is 5.78. The van der Waals surface area contributed by atoms with E-state index in [4.69, 9.17) is 4.74 Å². The van der Waals surface area contributed by atoms with Gasteiger partial charge >= 0.3 is 0 Å².